The Morgan fingerprint density at radius 2 is 2.06 bits per heavy atom. The highest BCUT2D eigenvalue weighted by molar-refractivity contribution is 7.99. The third-order valence-electron chi connectivity index (χ3n) is 4.30. The summed E-state index contributed by atoms with van der Waals surface area (Å²) in [5, 5.41) is 12.1. The van der Waals surface area contributed by atoms with Gasteiger partial charge in [-0.3, -0.25) is 9.36 Å². The zero-order valence-corrected chi connectivity index (χ0v) is 18.7. The molecule has 8 nitrogen and oxygen atoms in total. The van der Waals surface area contributed by atoms with Gasteiger partial charge in [-0.05, 0) is 39.0 Å². The van der Waals surface area contributed by atoms with Crippen LogP contribution in [0.15, 0.2) is 52.8 Å². The van der Waals surface area contributed by atoms with Crippen LogP contribution in [0.1, 0.15) is 19.6 Å². The summed E-state index contributed by atoms with van der Waals surface area (Å²) in [5.41, 5.74) is 1.43. The van der Waals surface area contributed by atoms with Crippen molar-refractivity contribution in [3.8, 4) is 22.9 Å². The van der Waals surface area contributed by atoms with Crippen molar-refractivity contribution >= 4 is 23.4 Å². The maximum Gasteiger partial charge on any atom is 0.234 e. The van der Waals surface area contributed by atoms with Crippen molar-refractivity contribution in [3.63, 3.8) is 0 Å². The number of furan rings is 1. The quantitative estimate of drug-likeness (QED) is 0.344. The summed E-state index contributed by atoms with van der Waals surface area (Å²) in [5.74, 6) is 2.66. The Bertz CT molecular complexity index is 1040. The number of ether oxygens (including phenoxy) is 2. The summed E-state index contributed by atoms with van der Waals surface area (Å²) in [4.78, 5) is 12.6. The number of hydrogen-bond acceptors (Lipinski definition) is 7. The number of nitrogens with one attached hydrogen (secondary N) is 1. The van der Waals surface area contributed by atoms with Gasteiger partial charge in [0.05, 0.1) is 36.5 Å². The van der Waals surface area contributed by atoms with Crippen LogP contribution in [0.3, 0.4) is 0 Å². The molecule has 2 aromatic heterocycles. The van der Waals surface area contributed by atoms with Gasteiger partial charge in [0, 0.05) is 12.6 Å². The first-order chi connectivity index (χ1) is 15.1. The fourth-order valence-electron chi connectivity index (χ4n) is 2.97. The number of anilines is 1. The van der Waals surface area contributed by atoms with Crippen LogP contribution >= 0.6 is 11.8 Å². The average molecular weight is 443 g/mol. The van der Waals surface area contributed by atoms with Gasteiger partial charge < -0.3 is 19.2 Å². The van der Waals surface area contributed by atoms with E-state index in [0.717, 1.165) is 11.3 Å². The van der Waals surface area contributed by atoms with Gasteiger partial charge in [-0.1, -0.05) is 17.8 Å². The molecule has 1 N–H and O–H groups in total. The monoisotopic (exact) mass is 442 g/mol. The normalized spacial score (nSPS) is 10.7. The number of hydrogen-bond donors (Lipinski definition) is 1. The van der Waals surface area contributed by atoms with Crippen molar-refractivity contribution in [1.29, 1.82) is 0 Å². The van der Waals surface area contributed by atoms with Crippen LogP contribution in [0.2, 0.25) is 0 Å². The Balaban J connectivity index is 1.73. The highest BCUT2D eigenvalue weighted by atomic mass is 32.2. The summed E-state index contributed by atoms with van der Waals surface area (Å²) in [6, 6.07) is 7.21. The maximum atomic E-state index is 12.6. The van der Waals surface area contributed by atoms with Crippen LogP contribution in [0.25, 0.3) is 11.4 Å². The van der Waals surface area contributed by atoms with Crippen molar-refractivity contribution in [2.45, 2.75) is 32.5 Å². The van der Waals surface area contributed by atoms with Gasteiger partial charge in [0.25, 0.3) is 0 Å². The predicted molar refractivity (Wildman–Crippen MR) is 121 cm³/mol. The minimum Gasteiger partial charge on any atom is -0.494 e. The highest BCUT2D eigenvalue weighted by Crippen LogP contribution is 2.30. The number of aromatic nitrogens is 3. The zero-order valence-electron chi connectivity index (χ0n) is 17.9. The van der Waals surface area contributed by atoms with E-state index in [9.17, 15) is 4.79 Å². The summed E-state index contributed by atoms with van der Waals surface area (Å²) >= 11 is 1.30. The molecule has 0 unspecified atom stereocenters. The molecular weight excluding hydrogens is 416 g/mol. The highest BCUT2D eigenvalue weighted by Gasteiger charge is 2.18. The number of carbonyl (C=O) groups excluding carboxylic acids is 1. The topological polar surface area (TPSA) is 91.4 Å². The lowest BCUT2D eigenvalue weighted by Gasteiger charge is -2.13. The van der Waals surface area contributed by atoms with Crippen LogP contribution in [-0.2, 0) is 11.3 Å². The van der Waals surface area contributed by atoms with E-state index in [0.29, 0.717) is 47.9 Å². The molecule has 0 radical (unpaired) electrons. The van der Waals surface area contributed by atoms with Gasteiger partial charge in [-0.2, -0.15) is 0 Å². The number of carbonyl (C=O) groups is 1. The maximum absolute atomic E-state index is 12.6. The number of amides is 1. The third-order valence-corrected chi connectivity index (χ3v) is 5.26. The van der Waals surface area contributed by atoms with E-state index >= 15 is 0 Å². The molecule has 2 heterocycles. The smallest absolute Gasteiger partial charge is 0.234 e. The summed E-state index contributed by atoms with van der Waals surface area (Å²) in [7, 11) is 0. The Labute approximate surface area is 185 Å². The second-order valence-electron chi connectivity index (χ2n) is 6.46. The molecule has 164 valence electrons. The van der Waals surface area contributed by atoms with Crippen LogP contribution < -0.4 is 14.8 Å². The molecule has 0 saturated carbocycles. The number of aryl methyl sites for hydroxylation is 1. The molecule has 0 spiro atoms. The Kier molecular flexibility index (Phi) is 7.77. The van der Waals surface area contributed by atoms with Crippen LogP contribution in [-0.4, -0.2) is 39.6 Å². The number of nitrogens with zero attached hydrogens (tertiary/aromatic N) is 3. The Morgan fingerprint density at radius 3 is 2.74 bits per heavy atom. The summed E-state index contributed by atoms with van der Waals surface area (Å²) in [6.07, 6.45) is 3.38. The number of thioether (sulfide) groups is 1. The lowest BCUT2D eigenvalue weighted by Crippen LogP contribution is -2.15. The fraction of sp³-hybridized carbons (Fsp3) is 0.318. The molecule has 0 aliphatic carbocycles. The van der Waals surface area contributed by atoms with E-state index in [1.165, 1.54) is 11.8 Å². The molecule has 0 aliphatic heterocycles. The van der Waals surface area contributed by atoms with Crippen LogP contribution in [0.5, 0.6) is 11.5 Å². The van der Waals surface area contributed by atoms with Gasteiger partial charge in [0.1, 0.15) is 17.3 Å². The van der Waals surface area contributed by atoms with E-state index < -0.39 is 0 Å². The van der Waals surface area contributed by atoms with E-state index in [1.54, 1.807) is 24.5 Å². The molecule has 9 heteroatoms. The Hall–Kier alpha value is -3.20. The third kappa shape index (κ3) is 5.49. The molecule has 0 bridgehead atoms. The fourth-order valence-corrected chi connectivity index (χ4v) is 3.71. The standard InChI is InChI=1S/C22H26N4O4S/c1-5-11-26-21(17-10-12-30-15(17)4)24-25-22(26)31-14-20(27)23-18-13-16(28-6-2)8-9-19(18)29-7-3/h5,8-10,12-13H,1,6-7,11,14H2,2-4H3,(H,23,27). The van der Waals surface area contributed by atoms with Gasteiger partial charge in [0.2, 0.25) is 5.91 Å². The van der Waals surface area contributed by atoms with E-state index in [1.807, 2.05) is 37.5 Å². The average Bonchev–Trinajstić information content (AvgIpc) is 3.34. The van der Waals surface area contributed by atoms with E-state index in [-0.39, 0.29) is 11.7 Å². The predicted octanol–water partition coefficient (Wildman–Crippen LogP) is 4.56. The summed E-state index contributed by atoms with van der Waals surface area (Å²) in [6.45, 7) is 11.0. The van der Waals surface area contributed by atoms with Crippen molar-refractivity contribution in [2.24, 2.45) is 0 Å². The largest absolute Gasteiger partial charge is 0.494 e. The first kappa shape index (κ1) is 22.5. The summed E-state index contributed by atoms with van der Waals surface area (Å²) < 4.78 is 18.4. The van der Waals surface area contributed by atoms with Gasteiger partial charge in [-0.25, -0.2) is 0 Å². The first-order valence-corrected chi connectivity index (χ1v) is 11.0. The van der Waals surface area contributed by atoms with Crippen molar-refractivity contribution < 1.29 is 18.7 Å². The molecule has 0 aliphatic rings. The zero-order chi connectivity index (χ0) is 22.2. The van der Waals surface area contributed by atoms with Crippen molar-refractivity contribution in [1.82, 2.24) is 14.8 Å². The Morgan fingerprint density at radius 1 is 1.26 bits per heavy atom. The van der Waals surface area contributed by atoms with Crippen LogP contribution in [0.4, 0.5) is 5.69 Å². The van der Waals surface area contributed by atoms with E-state index in [4.69, 9.17) is 13.9 Å². The van der Waals surface area contributed by atoms with Gasteiger partial charge >= 0.3 is 0 Å². The molecule has 3 rings (SSSR count). The lowest BCUT2D eigenvalue weighted by molar-refractivity contribution is -0.113. The van der Waals surface area contributed by atoms with Crippen LogP contribution in [0, 0.1) is 6.92 Å². The number of rotatable bonds is 11. The van der Waals surface area contributed by atoms with Crippen molar-refractivity contribution in [2.75, 3.05) is 24.3 Å². The molecule has 0 atom stereocenters. The van der Waals surface area contributed by atoms with Gasteiger partial charge in [-0.15, -0.1) is 16.8 Å². The molecular formula is C22H26N4O4S. The molecule has 31 heavy (non-hydrogen) atoms. The lowest BCUT2D eigenvalue weighted by atomic mass is 10.2. The molecule has 1 aromatic carbocycles. The first-order valence-electron chi connectivity index (χ1n) is 9.98. The van der Waals surface area contributed by atoms with Gasteiger partial charge in [0.15, 0.2) is 11.0 Å². The van der Waals surface area contributed by atoms with E-state index in [2.05, 4.69) is 22.1 Å². The molecule has 1 amide bonds. The second-order valence-corrected chi connectivity index (χ2v) is 7.40. The molecule has 0 saturated heterocycles. The minimum atomic E-state index is -0.186. The molecule has 0 fully saturated rings. The minimum absolute atomic E-state index is 0.157. The number of benzene rings is 1. The number of allylic oxidation sites excluding steroid dienone is 1. The molecule has 3 aromatic rings. The SMILES string of the molecule is C=CCn1c(SCC(=O)Nc2cc(OCC)ccc2OCC)nnc1-c1ccoc1C. The van der Waals surface area contributed by atoms with Crippen molar-refractivity contribution in [3.05, 3.63) is 48.9 Å². The second kappa shape index (κ2) is 10.7.